The van der Waals surface area contributed by atoms with Gasteiger partial charge in [-0.05, 0) is 31.9 Å². The van der Waals surface area contributed by atoms with Crippen molar-refractivity contribution in [3.63, 3.8) is 0 Å². The number of benzene rings is 1. The zero-order chi connectivity index (χ0) is 16.2. The Morgan fingerprint density at radius 2 is 2.17 bits per heavy atom. The Labute approximate surface area is 135 Å². The Hall–Kier alpha value is -2.37. The number of hydrogen-bond acceptors (Lipinski definition) is 5. The molecule has 2 heterocycles. The van der Waals surface area contributed by atoms with E-state index in [0.717, 1.165) is 37.4 Å². The van der Waals surface area contributed by atoms with Gasteiger partial charge in [0.15, 0.2) is 11.6 Å². The van der Waals surface area contributed by atoms with Crippen molar-refractivity contribution in [3.8, 4) is 5.75 Å². The molecule has 0 aliphatic carbocycles. The first-order chi connectivity index (χ1) is 11.1. The molecule has 1 aliphatic heterocycles. The van der Waals surface area contributed by atoms with Crippen LogP contribution in [0.5, 0.6) is 5.75 Å². The van der Waals surface area contributed by atoms with Crippen LogP contribution in [0.1, 0.15) is 18.5 Å². The van der Waals surface area contributed by atoms with Gasteiger partial charge in [0, 0.05) is 30.8 Å². The molecule has 1 saturated heterocycles. The highest BCUT2D eigenvalue weighted by atomic mass is 19.1. The van der Waals surface area contributed by atoms with Gasteiger partial charge in [0.1, 0.15) is 5.82 Å². The summed E-state index contributed by atoms with van der Waals surface area (Å²) >= 11 is 0. The molecule has 1 unspecified atom stereocenters. The Kier molecular flexibility index (Phi) is 4.60. The standard InChI is InChI=1S/C17H21FN4O/c1-12-9-16(21-17(19)20-12)22-8-4-5-13(10-22)11-23-15-7-3-2-6-14(15)18/h2-3,6-7,9,13H,4-5,8,10-11H2,1H3,(H2,19,20,21). The summed E-state index contributed by atoms with van der Waals surface area (Å²) in [6.07, 6.45) is 2.11. The normalized spacial score (nSPS) is 18.0. The summed E-state index contributed by atoms with van der Waals surface area (Å²) < 4.78 is 19.3. The minimum atomic E-state index is -0.320. The molecule has 23 heavy (non-hydrogen) atoms. The molecule has 0 bridgehead atoms. The van der Waals surface area contributed by atoms with Gasteiger partial charge in [0.2, 0.25) is 5.95 Å². The van der Waals surface area contributed by atoms with Gasteiger partial charge in [-0.3, -0.25) is 0 Å². The van der Waals surface area contributed by atoms with Crippen LogP contribution < -0.4 is 15.4 Å². The van der Waals surface area contributed by atoms with E-state index in [4.69, 9.17) is 10.5 Å². The van der Waals surface area contributed by atoms with E-state index < -0.39 is 0 Å². The van der Waals surface area contributed by atoms with Gasteiger partial charge in [-0.15, -0.1) is 0 Å². The largest absolute Gasteiger partial charge is 0.490 e. The first kappa shape index (κ1) is 15.5. The Morgan fingerprint density at radius 1 is 1.35 bits per heavy atom. The molecule has 3 rings (SSSR count). The molecule has 5 nitrogen and oxygen atoms in total. The summed E-state index contributed by atoms with van der Waals surface area (Å²) in [5, 5.41) is 0. The number of piperidine rings is 1. The number of ether oxygens (including phenoxy) is 1. The summed E-state index contributed by atoms with van der Waals surface area (Å²) in [5.41, 5.74) is 6.60. The first-order valence-corrected chi connectivity index (χ1v) is 7.85. The van der Waals surface area contributed by atoms with Crippen LogP contribution in [0.2, 0.25) is 0 Å². The zero-order valence-corrected chi connectivity index (χ0v) is 13.2. The fourth-order valence-corrected chi connectivity index (χ4v) is 2.92. The molecule has 1 aromatic heterocycles. The van der Waals surface area contributed by atoms with Crippen LogP contribution in [-0.2, 0) is 0 Å². The molecule has 1 aliphatic rings. The van der Waals surface area contributed by atoms with E-state index in [0.29, 0.717) is 24.2 Å². The number of nitrogen functional groups attached to an aromatic ring is 1. The van der Waals surface area contributed by atoms with Gasteiger partial charge < -0.3 is 15.4 Å². The van der Waals surface area contributed by atoms with Crippen LogP contribution in [-0.4, -0.2) is 29.7 Å². The molecule has 6 heteroatoms. The van der Waals surface area contributed by atoms with Crippen molar-refractivity contribution in [2.45, 2.75) is 19.8 Å². The van der Waals surface area contributed by atoms with E-state index in [-0.39, 0.29) is 5.82 Å². The van der Waals surface area contributed by atoms with Gasteiger partial charge in [0.05, 0.1) is 6.61 Å². The van der Waals surface area contributed by atoms with Gasteiger partial charge >= 0.3 is 0 Å². The van der Waals surface area contributed by atoms with Crippen LogP contribution >= 0.6 is 0 Å². The minimum absolute atomic E-state index is 0.296. The second-order valence-electron chi connectivity index (χ2n) is 5.92. The topological polar surface area (TPSA) is 64.3 Å². The molecule has 0 saturated carbocycles. The average Bonchev–Trinajstić information content (AvgIpc) is 2.53. The van der Waals surface area contributed by atoms with Crippen molar-refractivity contribution in [2.24, 2.45) is 5.92 Å². The molecule has 1 fully saturated rings. The maximum atomic E-state index is 13.6. The molecule has 0 spiro atoms. The van der Waals surface area contributed by atoms with Gasteiger partial charge in [0.25, 0.3) is 0 Å². The number of rotatable bonds is 4. The summed E-state index contributed by atoms with van der Waals surface area (Å²) in [6.45, 7) is 4.16. The van der Waals surface area contributed by atoms with E-state index in [2.05, 4.69) is 14.9 Å². The van der Waals surface area contributed by atoms with Crippen molar-refractivity contribution >= 4 is 11.8 Å². The van der Waals surface area contributed by atoms with Gasteiger partial charge in [-0.1, -0.05) is 12.1 Å². The number of nitrogens with zero attached hydrogens (tertiary/aromatic N) is 3. The van der Waals surface area contributed by atoms with E-state index in [9.17, 15) is 4.39 Å². The number of hydrogen-bond donors (Lipinski definition) is 1. The summed E-state index contributed by atoms with van der Waals surface area (Å²) in [6, 6.07) is 8.44. The third-order valence-corrected chi connectivity index (χ3v) is 4.01. The molecule has 2 N–H and O–H groups in total. The number of nitrogens with two attached hydrogens (primary N) is 1. The third kappa shape index (κ3) is 3.88. The number of halogens is 1. The third-order valence-electron chi connectivity index (χ3n) is 4.01. The fraction of sp³-hybridized carbons (Fsp3) is 0.412. The van der Waals surface area contributed by atoms with Crippen LogP contribution in [0.15, 0.2) is 30.3 Å². The average molecular weight is 316 g/mol. The van der Waals surface area contributed by atoms with Gasteiger partial charge in [-0.2, -0.15) is 4.98 Å². The van der Waals surface area contributed by atoms with Crippen molar-refractivity contribution in [3.05, 3.63) is 41.8 Å². The Balaban J connectivity index is 1.63. The van der Waals surface area contributed by atoms with E-state index >= 15 is 0 Å². The molecule has 0 amide bonds. The van der Waals surface area contributed by atoms with Crippen molar-refractivity contribution < 1.29 is 9.13 Å². The van der Waals surface area contributed by atoms with Crippen LogP contribution in [0.3, 0.4) is 0 Å². The highest BCUT2D eigenvalue weighted by Gasteiger charge is 2.22. The van der Waals surface area contributed by atoms with Crippen LogP contribution in [0.4, 0.5) is 16.2 Å². The molecule has 1 aromatic carbocycles. The fourth-order valence-electron chi connectivity index (χ4n) is 2.92. The second-order valence-corrected chi connectivity index (χ2v) is 5.92. The zero-order valence-electron chi connectivity index (χ0n) is 13.2. The maximum Gasteiger partial charge on any atom is 0.222 e. The molecule has 1 atom stereocenters. The Morgan fingerprint density at radius 3 is 2.96 bits per heavy atom. The summed E-state index contributed by atoms with van der Waals surface area (Å²) in [7, 11) is 0. The highest BCUT2D eigenvalue weighted by molar-refractivity contribution is 5.43. The molecule has 122 valence electrons. The van der Waals surface area contributed by atoms with E-state index in [1.54, 1.807) is 18.2 Å². The number of para-hydroxylation sites is 1. The van der Waals surface area contributed by atoms with Crippen LogP contribution in [0.25, 0.3) is 0 Å². The van der Waals surface area contributed by atoms with Crippen molar-refractivity contribution in [1.82, 2.24) is 9.97 Å². The molecular weight excluding hydrogens is 295 g/mol. The second kappa shape index (κ2) is 6.81. The van der Waals surface area contributed by atoms with Crippen molar-refractivity contribution in [1.29, 1.82) is 0 Å². The lowest BCUT2D eigenvalue weighted by atomic mass is 9.99. The quantitative estimate of drug-likeness (QED) is 0.939. The molecule has 0 radical (unpaired) electrons. The lowest BCUT2D eigenvalue weighted by Gasteiger charge is -2.33. The minimum Gasteiger partial charge on any atom is -0.490 e. The Bertz CT molecular complexity index is 659. The SMILES string of the molecule is Cc1cc(N2CCCC(COc3ccccc3F)C2)nc(N)n1. The maximum absolute atomic E-state index is 13.6. The lowest BCUT2D eigenvalue weighted by molar-refractivity contribution is 0.220. The molecule has 2 aromatic rings. The lowest BCUT2D eigenvalue weighted by Crippen LogP contribution is -2.38. The van der Waals surface area contributed by atoms with E-state index in [1.165, 1.54) is 6.07 Å². The summed E-state index contributed by atoms with van der Waals surface area (Å²) in [5.74, 6) is 1.47. The number of aryl methyl sites for hydroxylation is 1. The molecular formula is C17H21FN4O. The van der Waals surface area contributed by atoms with Gasteiger partial charge in [-0.25, -0.2) is 9.37 Å². The van der Waals surface area contributed by atoms with Crippen LogP contribution in [0, 0.1) is 18.7 Å². The smallest absolute Gasteiger partial charge is 0.222 e. The number of aromatic nitrogens is 2. The monoisotopic (exact) mass is 316 g/mol. The highest BCUT2D eigenvalue weighted by Crippen LogP contribution is 2.24. The predicted octanol–water partition coefficient (Wildman–Crippen LogP) is 2.80. The predicted molar refractivity (Wildman–Crippen MR) is 88.0 cm³/mol. The summed E-state index contributed by atoms with van der Waals surface area (Å²) in [4.78, 5) is 10.6. The first-order valence-electron chi connectivity index (χ1n) is 7.85. The number of anilines is 2. The van der Waals surface area contributed by atoms with Crippen molar-refractivity contribution in [2.75, 3.05) is 30.3 Å². The van der Waals surface area contributed by atoms with E-state index in [1.807, 2.05) is 13.0 Å².